The maximum atomic E-state index is 12.9. The van der Waals surface area contributed by atoms with E-state index in [4.69, 9.17) is 14.0 Å². The molecule has 0 saturated heterocycles. The summed E-state index contributed by atoms with van der Waals surface area (Å²) in [6.45, 7) is 3.77. The number of rotatable bonds is 7. The Bertz CT molecular complexity index is 968. The number of ether oxygens (including phenoxy) is 2. The van der Waals surface area contributed by atoms with Crippen molar-refractivity contribution < 1.29 is 18.8 Å². The van der Waals surface area contributed by atoms with Crippen LogP contribution in [0, 0.1) is 13.8 Å². The van der Waals surface area contributed by atoms with Crippen LogP contribution in [0.3, 0.4) is 0 Å². The number of aryl methyl sites for hydroxylation is 2. The van der Waals surface area contributed by atoms with Gasteiger partial charge in [-0.1, -0.05) is 5.16 Å². The molecule has 0 fully saturated rings. The molecule has 8 heteroatoms. The summed E-state index contributed by atoms with van der Waals surface area (Å²) in [5.41, 5.74) is 2.89. The molecular formula is C20H21N3O4S. The molecule has 0 radical (unpaired) electrons. The van der Waals surface area contributed by atoms with E-state index in [0.29, 0.717) is 33.5 Å². The maximum absolute atomic E-state index is 12.9. The molecule has 0 bridgehead atoms. The Balaban J connectivity index is 1.79. The van der Waals surface area contributed by atoms with Gasteiger partial charge >= 0.3 is 0 Å². The Morgan fingerprint density at radius 2 is 2.04 bits per heavy atom. The molecule has 3 aromatic rings. The highest BCUT2D eigenvalue weighted by molar-refractivity contribution is 7.98. The molecule has 0 atom stereocenters. The van der Waals surface area contributed by atoms with Gasteiger partial charge < -0.3 is 19.3 Å². The van der Waals surface area contributed by atoms with Crippen molar-refractivity contribution in [2.75, 3.05) is 19.5 Å². The second kappa shape index (κ2) is 8.79. The fraction of sp³-hybridized carbons (Fsp3) is 0.250. The number of methoxy groups -OCH3 is 2. The molecule has 1 amide bonds. The van der Waals surface area contributed by atoms with Crippen LogP contribution in [0.1, 0.15) is 27.4 Å². The van der Waals surface area contributed by atoms with Gasteiger partial charge in [0.25, 0.3) is 5.91 Å². The van der Waals surface area contributed by atoms with E-state index in [1.54, 1.807) is 50.7 Å². The molecular weight excluding hydrogens is 378 g/mol. The third-order valence-corrected chi connectivity index (χ3v) is 5.24. The van der Waals surface area contributed by atoms with Crippen LogP contribution in [-0.4, -0.2) is 30.3 Å². The first-order valence-corrected chi connectivity index (χ1v) is 9.55. The highest BCUT2D eigenvalue weighted by Gasteiger charge is 2.17. The lowest BCUT2D eigenvalue weighted by Crippen LogP contribution is -2.14. The largest absolute Gasteiger partial charge is 0.497 e. The average Bonchev–Trinajstić information content (AvgIpc) is 3.04. The van der Waals surface area contributed by atoms with E-state index in [2.05, 4.69) is 15.5 Å². The predicted molar refractivity (Wildman–Crippen MR) is 107 cm³/mol. The Hall–Kier alpha value is -3.00. The minimum Gasteiger partial charge on any atom is -0.497 e. The van der Waals surface area contributed by atoms with Gasteiger partial charge in [-0.05, 0) is 38.1 Å². The van der Waals surface area contributed by atoms with Crippen LogP contribution < -0.4 is 14.8 Å². The zero-order valence-electron chi connectivity index (χ0n) is 16.1. The van der Waals surface area contributed by atoms with Gasteiger partial charge in [-0.15, -0.1) is 11.8 Å². The van der Waals surface area contributed by atoms with Crippen molar-refractivity contribution in [3.63, 3.8) is 0 Å². The van der Waals surface area contributed by atoms with Gasteiger partial charge in [0, 0.05) is 23.6 Å². The highest BCUT2D eigenvalue weighted by atomic mass is 32.2. The maximum Gasteiger partial charge on any atom is 0.258 e. The summed E-state index contributed by atoms with van der Waals surface area (Å²) in [5.74, 6) is 2.28. The predicted octanol–water partition coefficient (Wildman–Crippen LogP) is 4.25. The van der Waals surface area contributed by atoms with E-state index in [-0.39, 0.29) is 5.91 Å². The van der Waals surface area contributed by atoms with Crippen molar-refractivity contribution in [2.45, 2.75) is 24.6 Å². The van der Waals surface area contributed by atoms with E-state index in [9.17, 15) is 4.79 Å². The molecule has 0 spiro atoms. The molecule has 0 aliphatic carbocycles. The minimum absolute atomic E-state index is 0.266. The summed E-state index contributed by atoms with van der Waals surface area (Å²) in [4.78, 5) is 17.2. The fourth-order valence-electron chi connectivity index (χ4n) is 2.62. The van der Waals surface area contributed by atoms with Gasteiger partial charge in [0.05, 0.1) is 31.2 Å². The van der Waals surface area contributed by atoms with E-state index >= 15 is 0 Å². The number of hydrogen-bond donors (Lipinski definition) is 1. The van der Waals surface area contributed by atoms with Crippen molar-refractivity contribution in [2.24, 2.45) is 0 Å². The van der Waals surface area contributed by atoms with Crippen LogP contribution in [0.2, 0.25) is 0 Å². The second-order valence-corrected chi connectivity index (χ2v) is 6.93. The number of nitrogens with one attached hydrogen (secondary N) is 1. The average molecular weight is 399 g/mol. The number of thioether (sulfide) groups is 1. The van der Waals surface area contributed by atoms with Crippen molar-refractivity contribution in [3.8, 4) is 11.5 Å². The molecule has 28 heavy (non-hydrogen) atoms. The Labute approximate surface area is 167 Å². The van der Waals surface area contributed by atoms with Crippen molar-refractivity contribution in [1.82, 2.24) is 10.1 Å². The Kier molecular flexibility index (Phi) is 6.20. The van der Waals surface area contributed by atoms with Crippen LogP contribution in [0.4, 0.5) is 5.69 Å². The second-order valence-electron chi connectivity index (χ2n) is 5.97. The van der Waals surface area contributed by atoms with Crippen molar-refractivity contribution in [3.05, 3.63) is 59.1 Å². The van der Waals surface area contributed by atoms with Crippen LogP contribution in [0.15, 0.2) is 46.1 Å². The van der Waals surface area contributed by atoms with Crippen LogP contribution in [0.5, 0.6) is 11.5 Å². The first kappa shape index (κ1) is 19.8. The molecule has 1 aromatic carbocycles. The van der Waals surface area contributed by atoms with E-state index in [0.717, 1.165) is 17.0 Å². The number of benzene rings is 1. The first-order chi connectivity index (χ1) is 13.5. The lowest BCUT2D eigenvalue weighted by molar-refractivity contribution is 0.102. The van der Waals surface area contributed by atoms with E-state index in [1.807, 2.05) is 13.8 Å². The number of carbonyl (C=O) groups is 1. The van der Waals surface area contributed by atoms with Gasteiger partial charge in [0.15, 0.2) is 0 Å². The Morgan fingerprint density at radius 1 is 1.21 bits per heavy atom. The van der Waals surface area contributed by atoms with Crippen molar-refractivity contribution in [1.29, 1.82) is 0 Å². The third-order valence-electron chi connectivity index (χ3n) is 4.21. The number of anilines is 1. The summed E-state index contributed by atoms with van der Waals surface area (Å²) in [6.07, 6.45) is 1.67. The highest BCUT2D eigenvalue weighted by Crippen LogP contribution is 2.31. The summed E-state index contributed by atoms with van der Waals surface area (Å²) in [7, 11) is 3.12. The van der Waals surface area contributed by atoms with Crippen molar-refractivity contribution >= 4 is 23.4 Å². The smallest absolute Gasteiger partial charge is 0.258 e. The van der Waals surface area contributed by atoms with Crippen LogP contribution >= 0.6 is 11.8 Å². The zero-order valence-corrected chi connectivity index (χ0v) is 16.9. The van der Waals surface area contributed by atoms with Gasteiger partial charge in [-0.25, -0.2) is 4.98 Å². The standard InChI is InChI=1S/C20H21N3O4S/c1-12-16(13(2)27-23-12)11-28-20-15(6-5-9-21-20)19(24)22-17-8-7-14(25-3)10-18(17)26-4/h5-10H,11H2,1-4H3,(H,22,24). The molecule has 146 valence electrons. The van der Waals surface area contributed by atoms with E-state index in [1.165, 1.54) is 11.8 Å². The van der Waals surface area contributed by atoms with Gasteiger partial charge in [0.2, 0.25) is 0 Å². The Morgan fingerprint density at radius 3 is 2.71 bits per heavy atom. The fourth-order valence-corrected chi connectivity index (χ4v) is 3.76. The number of amides is 1. The third kappa shape index (κ3) is 4.28. The van der Waals surface area contributed by atoms with Gasteiger partial charge in [-0.3, -0.25) is 4.79 Å². The molecule has 0 saturated carbocycles. The summed E-state index contributed by atoms with van der Waals surface area (Å²) in [6, 6.07) is 8.69. The molecule has 1 N–H and O–H groups in total. The van der Waals surface area contributed by atoms with Gasteiger partial charge in [-0.2, -0.15) is 0 Å². The zero-order chi connectivity index (χ0) is 20.1. The minimum atomic E-state index is -0.266. The molecule has 2 heterocycles. The molecule has 7 nitrogen and oxygen atoms in total. The molecule has 0 aliphatic rings. The molecule has 2 aromatic heterocycles. The lowest BCUT2D eigenvalue weighted by atomic mass is 10.2. The summed E-state index contributed by atoms with van der Waals surface area (Å²) < 4.78 is 15.7. The monoisotopic (exact) mass is 399 g/mol. The number of carbonyl (C=O) groups excluding carboxylic acids is 1. The van der Waals surface area contributed by atoms with Crippen LogP contribution in [0.25, 0.3) is 0 Å². The molecule has 0 aliphatic heterocycles. The number of pyridine rings is 1. The number of aromatic nitrogens is 2. The van der Waals surface area contributed by atoms with E-state index < -0.39 is 0 Å². The molecule has 3 rings (SSSR count). The lowest BCUT2D eigenvalue weighted by Gasteiger charge is -2.13. The summed E-state index contributed by atoms with van der Waals surface area (Å²) >= 11 is 1.46. The topological polar surface area (TPSA) is 86.5 Å². The van der Waals surface area contributed by atoms with Gasteiger partial charge in [0.1, 0.15) is 22.3 Å². The summed E-state index contributed by atoms with van der Waals surface area (Å²) in [5, 5.41) is 7.48. The quantitative estimate of drug-likeness (QED) is 0.594. The normalized spacial score (nSPS) is 10.6. The number of nitrogens with zero attached hydrogens (tertiary/aromatic N) is 2. The number of hydrogen-bond acceptors (Lipinski definition) is 7. The first-order valence-electron chi connectivity index (χ1n) is 8.56. The SMILES string of the molecule is COc1ccc(NC(=O)c2cccnc2SCc2c(C)noc2C)c(OC)c1. The van der Waals surface area contributed by atoms with Crippen LogP contribution in [-0.2, 0) is 5.75 Å². The molecule has 0 unspecified atom stereocenters.